The van der Waals surface area contributed by atoms with E-state index in [0.717, 1.165) is 22.1 Å². The Morgan fingerprint density at radius 3 is 2.55 bits per heavy atom. The van der Waals surface area contributed by atoms with E-state index in [9.17, 15) is 14.4 Å². The first-order valence-electron chi connectivity index (χ1n) is 9.34. The van der Waals surface area contributed by atoms with Crippen molar-refractivity contribution in [2.75, 3.05) is 5.32 Å². The van der Waals surface area contributed by atoms with Crippen LogP contribution in [0.2, 0.25) is 0 Å². The number of amides is 1. The lowest BCUT2D eigenvalue weighted by Crippen LogP contribution is -2.31. The number of esters is 1. The van der Waals surface area contributed by atoms with Crippen molar-refractivity contribution in [2.45, 2.75) is 40.2 Å². The molecule has 150 valence electrons. The second-order valence-corrected chi connectivity index (χ2v) is 7.04. The van der Waals surface area contributed by atoms with Gasteiger partial charge in [-0.1, -0.05) is 24.3 Å². The van der Waals surface area contributed by atoms with E-state index >= 15 is 0 Å². The number of hydrogen-bond acceptors (Lipinski definition) is 5. The molecule has 0 radical (unpaired) electrons. The molecule has 1 N–H and O–H groups in total. The maximum absolute atomic E-state index is 12.4. The highest BCUT2D eigenvalue weighted by Crippen LogP contribution is 2.27. The Morgan fingerprint density at radius 2 is 1.83 bits per heavy atom. The predicted molar refractivity (Wildman–Crippen MR) is 110 cm³/mol. The minimum atomic E-state index is -1.01. The standard InChI is InChI=1S/C23H23NO5/c1-13-9-10-19-17(12-28-22(19)14(13)2)11-21(26)29-16(4)23(27)24-20-8-6-5-7-18(20)15(3)25/h5-10,12,16H,11H2,1-4H3,(H,24,27)/t16-/m0/s1. The first-order valence-corrected chi connectivity index (χ1v) is 9.34. The first-order chi connectivity index (χ1) is 13.8. The van der Waals surface area contributed by atoms with Crippen molar-refractivity contribution in [1.29, 1.82) is 0 Å². The summed E-state index contributed by atoms with van der Waals surface area (Å²) in [5, 5.41) is 3.50. The van der Waals surface area contributed by atoms with Crippen LogP contribution in [0, 0.1) is 13.8 Å². The SMILES string of the molecule is CC(=O)c1ccccc1NC(=O)[C@H](C)OC(=O)Cc1coc2c(C)c(C)ccc12. The van der Waals surface area contributed by atoms with Gasteiger partial charge in [0.1, 0.15) is 5.58 Å². The maximum atomic E-state index is 12.4. The minimum Gasteiger partial charge on any atom is -0.464 e. The van der Waals surface area contributed by atoms with Gasteiger partial charge >= 0.3 is 5.97 Å². The van der Waals surface area contributed by atoms with E-state index in [0.29, 0.717) is 16.8 Å². The van der Waals surface area contributed by atoms with Gasteiger partial charge in [0.15, 0.2) is 11.9 Å². The summed E-state index contributed by atoms with van der Waals surface area (Å²) in [6.07, 6.45) is 0.535. The van der Waals surface area contributed by atoms with E-state index in [4.69, 9.17) is 9.15 Å². The lowest BCUT2D eigenvalue weighted by molar-refractivity contribution is -0.152. The number of aryl methyl sites for hydroxylation is 2. The molecular weight excluding hydrogens is 370 g/mol. The van der Waals surface area contributed by atoms with Gasteiger partial charge in [0.2, 0.25) is 0 Å². The monoisotopic (exact) mass is 393 g/mol. The van der Waals surface area contributed by atoms with Crippen LogP contribution in [0.5, 0.6) is 0 Å². The number of hydrogen-bond donors (Lipinski definition) is 1. The average Bonchev–Trinajstić information content (AvgIpc) is 3.08. The van der Waals surface area contributed by atoms with Gasteiger partial charge in [-0.25, -0.2) is 0 Å². The zero-order chi connectivity index (χ0) is 21.1. The highest BCUT2D eigenvalue weighted by Gasteiger charge is 2.21. The van der Waals surface area contributed by atoms with Crippen LogP contribution in [-0.2, 0) is 20.7 Å². The van der Waals surface area contributed by atoms with E-state index in [2.05, 4.69) is 5.32 Å². The largest absolute Gasteiger partial charge is 0.464 e. The number of carbonyl (C=O) groups is 3. The molecule has 0 spiro atoms. The number of ketones is 1. The number of benzene rings is 2. The molecule has 1 amide bonds. The van der Waals surface area contributed by atoms with Crippen LogP contribution >= 0.6 is 0 Å². The predicted octanol–water partition coefficient (Wildman–Crippen LogP) is 4.37. The summed E-state index contributed by atoms with van der Waals surface area (Å²) in [6.45, 7) is 6.88. The Labute approximate surface area is 168 Å². The smallest absolute Gasteiger partial charge is 0.311 e. The third-order valence-electron chi connectivity index (χ3n) is 4.92. The maximum Gasteiger partial charge on any atom is 0.311 e. The average molecular weight is 393 g/mol. The molecular formula is C23H23NO5. The first kappa shape index (κ1) is 20.3. The minimum absolute atomic E-state index is 0.00282. The number of anilines is 1. The van der Waals surface area contributed by atoms with Crippen LogP contribution in [-0.4, -0.2) is 23.8 Å². The van der Waals surface area contributed by atoms with Crippen molar-refractivity contribution in [2.24, 2.45) is 0 Å². The van der Waals surface area contributed by atoms with E-state index in [1.165, 1.54) is 13.8 Å². The zero-order valence-electron chi connectivity index (χ0n) is 16.9. The quantitative estimate of drug-likeness (QED) is 0.497. The fourth-order valence-electron chi connectivity index (χ4n) is 3.11. The molecule has 3 aromatic rings. The Balaban J connectivity index is 1.66. The van der Waals surface area contributed by atoms with E-state index in [-0.39, 0.29) is 12.2 Å². The molecule has 0 aliphatic rings. The molecule has 0 aliphatic carbocycles. The molecule has 1 heterocycles. The summed E-state index contributed by atoms with van der Waals surface area (Å²) in [5.74, 6) is -1.20. The van der Waals surface area contributed by atoms with E-state index < -0.39 is 18.0 Å². The van der Waals surface area contributed by atoms with Crippen molar-refractivity contribution in [3.8, 4) is 0 Å². The molecule has 2 aromatic carbocycles. The van der Waals surface area contributed by atoms with E-state index in [1.807, 2.05) is 26.0 Å². The van der Waals surface area contributed by atoms with Gasteiger partial charge in [0, 0.05) is 16.5 Å². The van der Waals surface area contributed by atoms with Crippen LogP contribution < -0.4 is 5.32 Å². The van der Waals surface area contributed by atoms with Gasteiger partial charge in [-0.05, 0) is 51.0 Å². The van der Waals surface area contributed by atoms with Crippen molar-refractivity contribution in [3.63, 3.8) is 0 Å². The topological polar surface area (TPSA) is 85.6 Å². The number of rotatable bonds is 6. The molecule has 0 saturated heterocycles. The Hall–Kier alpha value is -3.41. The third kappa shape index (κ3) is 4.37. The second-order valence-electron chi connectivity index (χ2n) is 7.04. The van der Waals surface area contributed by atoms with Gasteiger partial charge in [0.05, 0.1) is 18.4 Å². The van der Waals surface area contributed by atoms with E-state index in [1.54, 1.807) is 30.5 Å². The van der Waals surface area contributed by atoms with Crippen molar-refractivity contribution in [3.05, 3.63) is 64.9 Å². The fourth-order valence-corrected chi connectivity index (χ4v) is 3.11. The lowest BCUT2D eigenvalue weighted by Gasteiger charge is -2.15. The van der Waals surface area contributed by atoms with Crippen LogP contribution in [0.1, 0.15) is 40.9 Å². The van der Waals surface area contributed by atoms with Crippen molar-refractivity contribution in [1.82, 2.24) is 0 Å². The highest BCUT2D eigenvalue weighted by atomic mass is 16.5. The normalized spacial score (nSPS) is 11.9. The van der Waals surface area contributed by atoms with Crippen LogP contribution in [0.25, 0.3) is 11.0 Å². The number of ether oxygens (including phenoxy) is 1. The molecule has 6 heteroatoms. The van der Waals surface area contributed by atoms with Gasteiger partial charge in [-0.15, -0.1) is 0 Å². The third-order valence-corrected chi connectivity index (χ3v) is 4.92. The Morgan fingerprint density at radius 1 is 1.10 bits per heavy atom. The number of carbonyl (C=O) groups excluding carboxylic acids is 3. The van der Waals surface area contributed by atoms with Crippen molar-refractivity contribution >= 4 is 34.3 Å². The summed E-state index contributed by atoms with van der Waals surface area (Å²) >= 11 is 0. The Bertz CT molecular complexity index is 1100. The lowest BCUT2D eigenvalue weighted by atomic mass is 10.0. The number of Topliss-reactive ketones (excluding diaryl/α,β-unsaturated/α-hetero) is 1. The Kier molecular flexibility index (Phi) is 5.82. The molecule has 0 unspecified atom stereocenters. The van der Waals surface area contributed by atoms with Crippen LogP contribution in [0.15, 0.2) is 47.1 Å². The fraction of sp³-hybridized carbons (Fsp3) is 0.261. The molecule has 1 aromatic heterocycles. The molecule has 6 nitrogen and oxygen atoms in total. The molecule has 0 bridgehead atoms. The summed E-state index contributed by atoms with van der Waals surface area (Å²) < 4.78 is 10.9. The second kappa shape index (κ2) is 8.31. The summed E-state index contributed by atoms with van der Waals surface area (Å²) in [4.78, 5) is 36.4. The summed E-state index contributed by atoms with van der Waals surface area (Å²) in [6, 6.07) is 10.6. The molecule has 0 aliphatic heterocycles. The van der Waals surface area contributed by atoms with Gasteiger partial charge < -0.3 is 14.5 Å². The highest BCUT2D eigenvalue weighted by molar-refractivity contribution is 6.04. The molecule has 0 saturated carbocycles. The number of fused-ring (bicyclic) bond motifs is 1. The molecule has 29 heavy (non-hydrogen) atoms. The van der Waals surface area contributed by atoms with Crippen LogP contribution in [0.4, 0.5) is 5.69 Å². The van der Waals surface area contributed by atoms with Crippen LogP contribution in [0.3, 0.4) is 0 Å². The molecule has 3 rings (SSSR count). The molecule has 0 fully saturated rings. The van der Waals surface area contributed by atoms with Gasteiger partial charge in [-0.2, -0.15) is 0 Å². The number of furan rings is 1. The number of nitrogens with one attached hydrogen (secondary N) is 1. The van der Waals surface area contributed by atoms with Gasteiger partial charge in [-0.3, -0.25) is 14.4 Å². The zero-order valence-corrected chi connectivity index (χ0v) is 16.9. The molecule has 1 atom stereocenters. The summed E-state index contributed by atoms with van der Waals surface area (Å²) in [5.41, 5.74) is 4.38. The summed E-state index contributed by atoms with van der Waals surface area (Å²) in [7, 11) is 0. The van der Waals surface area contributed by atoms with Crippen molar-refractivity contribution < 1.29 is 23.5 Å². The number of para-hydroxylation sites is 1. The van der Waals surface area contributed by atoms with Gasteiger partial charge in [0.25, 0.3) is 5.91 Å².